The summed E-state index contributed by atoms with van der Waals surface area (Å²) in [5.41, 5.74) is 0.496. The van der Waals surface area contributed by atoms with Gasteiger partial charge in [0, 0.05) is 6.04 Å². The van der Waals surface area contributed by atoms with Crippen LogP contribution in [0.25, 0.3) is 0 Å². The first-order valence-electron chi connectivity index (χ1n) is 6.02. The molecule has 0 aliphatic carbocycles. The average molecular weight is 256 g/mol. The van der Waals surface area contributed by atoms with Gasteiger partial charge in [0.05, 0.1) is 26.0 Å². The van der Waals surface area contributed by atoms with E-state index in [1.54, 1.807) is 13.1 Å². The first kappa shape index (κ1) is 14.6. The van der Waals surface area contributed by atoms with E-state index in [1.165, 1.54) is 4.68 Å². The lowest BCUT2D eigenvalue weighted by Gasteiger charge is -2.17. The number of hydrogen-bond donors (Lipinski definition) is 2. The molecule has 0 saturated carbocycles. The zero-order valence-corrected chi connectivity index (χ0v) is 11.0. The number of nitrogens with one attached hydrogen (secondary N) is 1. The van der Waals surface area contributed by atoms with Crippen molar-refractivity contribution in [2.24, 2.45) is 0 Å². The molecule has 0 radical (unpaired) electrons. The summed E-state index contributed by atoms with van der Waals surface area (Å²) < 4.78 is 6.49. The number of aromatic nitrogens is 3. The molecule has 1 aromatic heterocycles. The van der Waals surface area contributed by atoms with Crippen LogP contribution in [0.1, 0.15) is 32.5 Å². The summed E-state index contributed by atoms with van der Waals surface area (Å²) in [6, 6.07) is -0.514. The van der Waals surface area contributed by atoms with Crippen LogP contribution in [0.4, 0.5) is 0 Å². The SMILES string of the molecule is CCOC(=O)C(NC(C)C)c1cn(CCO)nn1. The van der Waals surface area contributed by atoms with Crippen LogP contribution >= 0.6 is 0 Å². The van der Waals surface area contributed by atoms with Gasteiger partial charge in [0.1, 0.15) is 5.69 Å². The lowest BCUT2D eigenvalue weighted by atomic mass is 10.2. The van der Waals surface area contributed by atoms with Gasteiger partial charge in [0.2, 0.25) is 0 Å². The molecule has 1 atom stereocenters. The lowest BCUT2D eigenvalue weighted by Crippen LogP contribution is -2.35. The third-order valence-corrected chi connectivity index (χ3v) is 2.20. The molecule has 0 aliphatic rings. The molecule has 1 rings (SSSR count). The van der Waals surface area contributed by atoms with E-state index < -0.39 is 6.04 Å². The highest BCUT2D eigenvalue weighted by atomic mass is 16.5. The third-order valence-electron chi connectivity index (χ3n) is 2.20. The highest BCUT2D eigenvalue weighted by molar-refractivity contribution is 5.76. The van der Waals surface area contributed by atoms with Crippen LogP contribution in [-0.2, 0) is 16.1 Å². The smallest absolute Gasteiger partial charge is 0.329 e. The molecule has 0 aliphatic heterocycles. The second-order valence-corrected chi connectivity index (χ2v) is 4.14. The van der Waals surface area contributed by atoms with Gasteiger partial charge in [-0.1, -0.05) is 5.21 Å². The number of aliphatic hydroxyl groups excluding tert-OH is 1. The van der Waals surface area contributed by atoms with E-state index >= 15 is 0 Å². The van der Waals surface area contributed by atoms with Crippen molar-refractivity contribution in [3.63, 3.8) is 0 Å². The van der Waals surface area contributed by atoms with Gasteiger partial charge in [-0.3, -0.25) is 5.32 Å². The molecular formula is C11H20N4O3. The molecule has 7 nitrogen and oxygen atoms in total. The lowest BCUT2D eigenvalue weighted by molar-refractivity contribution is -0.146. The van der Waals surface area contributed by atoms with Gasteiger partial charge in [-0.25, -0.2) is 9.48 Å². The quantitative estimate of drug-likeness (QED) is 0.661. The molecule has 0 fully saturated rings. The molecule has 0 bridgehead atoms. The van der Waals surface area contributed by atoms with E-state index in [1.807, 2.05) is 13.8 Å². The Morgan fingerprint density at radius 3 is 2.89 bits per heavy atom. The Labute approximate surface area is 106 Å². The zero-order chi connectivity index (χ0) is 13.5. The van der Waals surface area contributed by atoms with Crippen LogP contribution in [0.3, 0.4) is 0 Å². The molecule has 1 aromatic rings. The summed E-state index contributed by atoms with van der Waals surface area (Å²) in [6.45, 7) is 6.27. The van der Waals surface area contributed by atoms with Gasteiger partial charge in [-0.15, -0.1) is 5.10 Å². The summed E-state index contributed by atoms with van der Waals surface area (Å²) in [6.07, 6.45) is 1.63. The molecule has 7 heteroatoms. The zero-order valence-electron chi connectivity index (χ0n) is 11.0. The second-order valence-electron chi connectivity index (χ2n) is 4.14. The molecule has 1 unspecified atom stereocenters. The Balaban J connectivity index is 2.83. The monoisotopic (exact) mass is 256 g/mol. The van der Waals surface area contributed by atoms with Gasteiger partial charge in [0.15, 0.2) is 6.04 Å². The van der Waals surface area contributed by atoms with E-state index in [9.17, 15) is 4.79 Å². The first-order valence-corrected chi connectivity index (χ1v) is 6.02. The molecule has 2 N–H and O–H groups in total. The predicted octanol–water partition coefficient (Wildman–Crippen LogP) is -0.127. The molecule has 18 heavy (non-hydrogen) atoms. The molecule has 0 spiro atoms. The maximum absolute atomic E-state index is 11.8. The van der Waals surface area contributed by atoms with Gasteiger partial charge in [-0.05, 0) is 20.8 Å². The van der Waals surface area contributed by atoms with Crippen LogP contribution in [-0.4, -0.2) is 45.3 Å². The van der Waals surface area contributed by atoms with Crippen LogP contribution in [0.15, 0.2) is 6.20 Å². The number of carbonyl (C=O) groups is 1. The number of ether oxygens (including phenoxy) is 1. The van der Waals surface area contributed by atoms with Gasteiger partial charge in [-0.2, -0.15) is 0 Å². The predicted molar refractivity (Wildman–Crippen MR) is 64.8 cm³/mol. The third kappa shape index (κ3) is 4.08. The maximum Gasteiger partial charge on any atom is 0.329 e. The second kappa shape index (κ2) is 7.07. The fraction of sp³-hybridized carbons (Fsp3) is 0.727. The van der Waals surface area contributed by atoms with Crippen molar-refractivity contribution >= 4 is 5.97 Å². The number of rotatable bonds is 7. The van der Waals surface area contributed by atoms with Gasteiger partial charge >= 0.3 is 5.97 Å². The Morgan fingerprint density at radius 1 is 1.61 bits per heavy atom. The minimum atomic E-state index is -0.627. The molecule has 0 amide bonds. The summed E-state index contributed by atoms with van der Waals surface area (Å²) in [4.78, 5) is 11.8. The van der Waals surface area contributed by atoms with Crippen LogP contribution in [0, 0.1) is 0 Å². The summed E-state index contributed by atoms with van der Waals surface area (Å²) >= 11 is 0. The number of hydrogen-bond acceptors (Lipinski definition) is 6. The van der Waals surface area contributed by atoms with Crippen molar-refractivity contribution < 1.29 is 14.6 Å². The van der Waals surface area contributed by atoms with Crippen LogP contribution < -0.4 is 5.32 Å². The highest BCUT2D eigenvalue weighted by Gasteiger charge is 2.25. The number of carbonyl (C=O) groups excluding carboxylic acids is 1. The van der Waals surface area contributed by atoms with Crippen molar-refractivity contribution in [1.82, 2.24) is 20.3 Å². The van der Waals surface area contributed by atoms with E-state index in [-0.39, 0.29) is 18.6 Å². The van der Waals surface area contributed by atoms with Gasteiger partial charge < -0.3 is 9.84 Å². The number of aliphatic hydroxyl groups is 1. The first-order chi connectivity index (χ1) is 8.58. The van der Waals surface area contributed by atoms with Crippen molar-refractivity contribution in [2.75, 3.05) is 13.2 Å². The molecule has 0 aromatic carbocycles. The fourth-order valence-electron chi connectivity index (χ4n) is 1.49. The topological polar surface area (TPSA) is 89.3 Å². The molecule has 102 valence electrons. The van der Waals surface area contributed by atoms with Crippen LogP contribution in [0.2, 0.25) is 0 Å². The van der Waals surface area contributed by atoms with E-state index in [0.717, 1.165) is 0 Å². The van der Waals surface area contributed by atoms with Crippen LogP contribution in [0.5, 0.6) is 0 Å². The average Bonchev–Trinajstić information content (AvgIpc) is 2.75. The minimum absolute atomic E-state index is 0.0233. The van der Waals surface area contributed by atoms with Crippen molar-refractivity contribution in [3.8, 4) is 0 Å². The molecule has 1 heterocycles. The molecular weight excluding hydrogens is 236 g/mol. The Kier molecular flexibility index (Phi) is 5.73. The Morgan fingerprint density at radius 2 is 2.33 bits per heavy atom. The van der Waals surface area contributed by atoms with Gasteiger partial charge in [0.25, 0.3) is 0 Å². The summed E-state index contributed by atoms with van der Waals surface area (Å²) in [5, 5.41) is 19.7. The van der Waals surface area contributed by atoms with Crippen molar-refractivity contribution in [1.29, 1.82) is 0 Å². The maximum atomic E-state index is 11.8. The van der Waals surface area contributed by atoms with Crippen molar-refractivity contribution in [2.45, 2.75) is 39.4 Å². The fourth-order valence-corrected chi connectivity index (χ4v) is 1.49. The number of esters is 1. The van der Waals surface area contributed by atoms with E-state index in [2.05, 4.69) is 15.6 Å². The van der Waals surface area contributed by atoms with E-state index in [0.29, 0.717) is 18.8 Å². The number of nitrogens with zero attached hydrogens (tertiary/aromatic N) is 3. The normalized spacial score (nSPS) is 12.7. The summed E-state index contributed by atoms with van der Waals surface area (Å²) in [5.74, 6) is -0.373. The molecule has 0 saturated heterocycles. The standard InChI is InChI=1S/C11H20N4O3/c1-4-18-11(17)10(12-8(2)3)9-7-15(5-6-16)14-13-9/h7-8,10,12,16H,4-6H2,1-3H3. The Bertz CT molecular complexity index is 378. The highest BCUT2D eigenvalue weighted by Crippen LogP contribution is 2.12. The minimum Gasteiger partial charge on any atom is -0.465 e. The van der Waals surface area contributed by atoms with E-state index in [4.69, 9.17) is 9.84 Å². The van der Waals surface area contributed by atoms with Crippen molar-refractivity contribution in [3.05, 3.63) is 11.9 Å². The largest absolute Gasteiger partial charge is 0.465 e. The Hall–Kier alpha value is -1.47. The summed E-state index contributed by atoms with van der Waals surface area (Å²) in [7, 11) is 0.